The van der Waals surface area contributed by atoms with Crippen molar-refractivity contribution >= 4 is 27.5 Å². The van der Waals surface area contributed by atoms with E-state index in [1.807, 2.05) is 6.92 Å². The van der Waals surface area contributed by atoms with Gasteiger partial charge in [-0.25, -0.2) is 4.98 Å². The lowest BCUT2D eigenvalue weighted by atomic mass is 10.2. The topological polar surface area (TPSA) is 74.8 Å². The number of amides is 1. The van der Waals surface area contributed by atoms with Gasteiger partial charge in [-0.15, -0.1) is 11.3 Å². The molecule has 1 aliphatic carbocycles. The molecule has 23 heavy (non-hydrogen) atoms. The summed E-state index contributed by atoms with van der Waals surface area (Å²) < 4.78 is 0. The van der Waals surface area contributed by atoms with Crippen molar-refractivity contribution in [2.75, 3.05) is 0 Å². The van der Waals surface area contributed by atoms with Gasteiger partial charge >= 0.3 is 0 Å². The molecule has 1 aliphatic rings. The summed E-state index contributed by atoms with van der Waals surface area (Å²) >= 11 is 1.63. The first-order valence-corrected chi connectivity index (χ1v) is 9.23. The molecule has 0 aromatic carbocycles. The van der Waals surface area contributed by atoms with Crippen LogP contribution < -0.4 is 10.9 Å². The highest BCUT2D eigenvalue weighted by atomic mass is 32.1. The number of rotatable bonds is 6. The lowest BCUT2D eigenvalue weighted by molar-refractivity contribution is -0.121. The van der Waals surface area contributed by atoms with Crippen molar-refractivity contribution in [3.63, 3.8) is 0 Å². The highest BCUT2D eigenvalue weighted by Gasteiger charge is 2.21. The molecule has 1 unspecified atom stereocenters. The Bertz CT molecular complexity index is 778. The smallest absolute Gasteiger partial charge is 0.259 e. The van der Waals surface area contributed by atoms with E-state index in [-0.39, 0.29) is 17.5 Å². The first kappa shape index (κ1) is 16.2. The standard InChI is InChI=1S/C17H23N3O2S/c1-3-5-10(2)18-14(21)9-8-13-19-16(22)15-11-6-4-7-12(11)23-17(15)20-13/h10H,3-9H2,1-2H3,(H,18,21)(H,19,20,22). The monoisotopic (exact) mass is 333 g/mol. The molecule has 2 aromatic heterocycles. The van der Waals surface area contributed by atoms with Gasteiger partial charge in [-0.05, 0) is 38.2 Å². The number of aromatic nitrogens is 2. The van der Waals surface area contributed by atoms with Crippen LogP contribution in [0.15, 0.2) is 4.79 Å². The molecular weight excluding hydrogens is 310 g/mol. The molecule has 5 nitrogen and oxygen atoms in total. The lowest BCUT2D eigenvalue weighted by Crippen LogP contribution is -2.32. The van der Waals surface area contributed by atoms with Gasteiger partial charge in [0.25, 0.3) is 5.56 Å². The van der Waals surface area contributed by atoms with Gasteiger partial charge in [-0.2, -0.15) is 0 Å². The summed E-state index contributed by atoms with van der Waals surface area (Å²) in [5, 5.41) is 3.75. The summed E-state index contributed by atoms with van der Waals surface area (Å²) in [6.07, 6.45) is 6.03. The van der Waals surface area contributed by atoms with E-state index in [1.165, 1.54) is 10.4 Å². The Balaban J connectivity index is 1.70. The third-order valence-corrected chi connectivity index (χ3v) is 5.53. The van der Waals surface area contributed by atoms with Crippen molar-refractivity contribution in [3.05, 3.63) is 26.6 Å². The lowest BCUT2D eigenvalue weighted by Gasteiger charge is -2.12. The maximum Gasteiger partial charge on any atom is 0.259 e. The number of thiophene rings is 1. The van der Waals surface area contributed by atoms with Crippen LogP contribution in [0, 0.1) is 0 Å². The third kappa shape index (κ3) is 3.47. The van der Waals surface area contributed by atoms with Crippen LogP contribution in [0.3, 0.4) is 0 Å². The first-order valence-electron chi connectivity index (χ1n) is 8.41. The van der Waals surface area contributed by atoms with Gasteiger partial charge in [0, 0.05) is 23.8 Å². The van der Waals surface area contributed by atoms with Crippen LogP contribution in [0.2, 0.25) is 0 Å². The average Bonchev–Trinajstić information content (AvgIpc) is 3.05. The summed E-state index contributed by atoms with van der Waals surface area (Å²) in [4.78, 5) is 33.8. The SMILES string of the molecule is CCCC(C)NC(=O)CCc1nc2sc3c(c2c(=O)[nH]1)CCC3. The predicted octanol–water partition coefficient (Wildman–Crippen LogP) is 2.71. The summed E-state index contributed by atoms with van der Waals surface area (Å²) in [5.41, 5.74) is 1.14. The number of carbonyl (C=O) groups excluding carboxylic acids is 1. The van der Waals surface area contributed by atoms with E-state index in [2.05, 4.69) is 22.2 Å². The normalized spacial score (nSPS) is 14.9. The van der Waals surface area contributed by atoms with Gasteiger partial charge in [-0.3, -0.25) is 9.59 Å². The molecule has 6 heteroatoms. The molecule has 2 heterocycles. The van der Waals surface area contributed by atoms with Crippen molar-refractivity contribution in [2.45, 2.75) is 64.8 Å². The molecule has 0 saturated heterocycles. The Labute approximate surface area is 139 Å². The van der Waals surface area contributed by atoms with E-state index < -0.39 is 0 Å². The Hall–Kier alpha value is -1.69. The van der Waals surface area contributed by atoms with E-state index in [1.54, 1.807) is 11.3 Å². The van der Waals surface area contributed by atoms with Gasteiger partial charge in [-0.1, -0.05) is 13.3 Å². The zero-order valence-corrected chi connectivity index (χ0v) is 14.5. The van der Waals surface area contributed by atoms with Crippen LogP contribution in [0.1, 0.15) is 55.8 Å². The van der Waals surface area contributed by atoms with E-state index in [4.69, 9.17) is 0 Å². The third-order valence-electron chi connectivity index (χ3n) is 4.34. The summed E-state index contributed by atoms with van der Waals surface area (Å²) in [6, 6.07) is 0.197. The molecule has 0 radical (unpaired) electrons. The number of hydrogen-bond acceptors (Lipinski definition) is 4. The predicted molar refractivity (Wildman–Crippen MR) is 93.1 cm³/mol. The molecule has 3 rings (SSSR count). The summed E-state index contributed by atoms with van der Waals surface area (Å²) in [6.45, 7) is 4.12. The molecule has 1 atom stereocenters. The number of nitrogens with zero attached hydrogens (tertiary/aromatic N) is 1. The Morgan fingerprint density at radius 2 is 2.26 bits per heavy atom. The fraction of sp³-hybridized carbons (Fsp3) is 0.588. The number of carbonyl (C=O) groups is 1. The summed E-state index contributed by atoms with van der Waals surface area (Å²) in [5.74, 6) is 0.628. The fourth-order valence-corrected chi connectivity index (χ4v) is 4.53. The number of aromatic amines is 1. The Morgan fingerprint density at radius 1 is 1.43 bits per heavy atom. The number of hydrogen-bond donors (Lipinski definition) is 2. The number of H-pyrrole nitrogens is 1. The van der Waals surface area contributed by atoms with Gasteiger partial charge in [0.2, 0.25) is 5.91 Å². The zero-order chi connectivity index (χ0) is 16.4. The molecule has 1 amide bonds. The highest BCUT2D eigenvalue weighted by Crippen LogP contribution is 2.34. The van der Waals surface area contributed by atoms with Crippen molar-refractivity contribution < 1.29 is 4.79 Å². The molecule has 2 aromatic rings. The average molecular weight is 333 g/mol. The van der Waals surface area contributed by atoms with Gasteiger partial charge < -0.3 is 10.3 Å². The molecule has 0 fully saturated rings. The molecule has 0 spiro atoms. The van der Waals surface area contributed by atoms with Crippen molar-refractivity contribution in [3.8, 4) is 0 Å². The molecule has 2 N–H and O–H groups in total. The van der Waals surface area contributed by atoms with Crippen molar-refractivity contribution in [1.29, 1.82) is 0 Å². The summed E-state index contributed by atoms with van der Waals surface area (Å²) in [7, 11) is 0. The van der Waals surface area contributed by atoms with Crippen LogP contribution in [-0.4, -0.2) is 21.9 Å². The van der Waals surface area contributed by atoms with Crippen LogP contribution in [0.5, 0.6) is 0 Å². The molecule has 0 bridgehead atoms. The molecule has 0 saturated carbocycles. The van der Waals surface area contributed by atoms with E-state index in [0.29, 0.717) is 18.7 Å². The van der Waals surface area contributed by atoms with Crippen LogP contribution >= 0.6 is 11.3 Å². The second-order valence-corrected chi connectivity index (χ2v) is 7.39. The van der Waals surface area contributed by atoms with Crippen molar-refractivity contribution in [1.82, 2.24) is 15.3 Å². The van der Waals surface area contributed by atoms with Crippen LogP contribution in [-0.2, 0) is 24.1 Å². The van der Waals surface area contributed by atoms with Gasteiger partial charge in [0.15, 0.2) is 0 Å². The minimum absolute atomic E-state index is 0.0161. The number of aryl methyl sites for hydroxylation is 3. The second-order valence-electron chi connectivity index (χ2n) is 6.31. The first-order chi connectivity index (χ1) is 11.1. The molecule has 0 aliphatic heterocycles. The second kappa shape index (κ2) is 6.83. The fourth-order valence-electron chi connectivity index (χ4n) is 3.25. The minimum Gasteiger partial charge on any atom is -0.354 e. The largest absolute Gasteiger partial charge is 0.354 e. The Morgan fingerprint density at radius 3 is 3.04 bits per heavy atom. The van der Waals surface area contributed by atoms with Gasteiger partial charge in [0.1, 0.15) is 10.7 Å². The van der Waals surface area contributed by atoms with Crippen LogP contribution in [0.25, 0.3) is 10.2 Å². The molecular formula is C17H23N3O2S. The number of fused-ring (bicyclic) bond motifs is 3. The number of nitrogens with one attached hydrogen (secondary N) is 2. The zero-order valence-electron chi connectivity index (χ0n) is 13.7. The molecule has 124 valence electrons. The minimum atomic E-state index is -0.0517. The maximum absolute atomic E-state index is 12.3. The highest BCUT2D eigenvalue weighted by molar-refractivity contribution is 7.18. The quantitative estimate of drug-likeness (QED) is 0.853. The van der Waals surface area contributed by atoms with E-state index in [0.717, 1.165) is 42.3 Å². The maximum atomic E-state index is 12.3. The van der Waals surface area contributed by atoms with E-state index in [9.17, 15) is 9.59 Å². The Kier molecular flexibility index (Phi) is 4.80. The van der Waals surface area contributed by atoms with E-state index >= 15 is 0 Å². The van der Waals surface area contributed by atoms with Crippen molar-refractivity contribution in [2.24, 2.45) is 0 Å². The van der Waals surface area contributed by atoms with Gasteiger partial charge in [0.05, 0.1) is 5.39 Å². The van der Waals surface area contributed by atoms with Crippen LogP contribution in [0.4, 0.5) is 0 Å².